The third-order valence-electron chi connectivity index (χ3n) is 2.36. The Morgan fingerprint density at radius 1 is 1.18 bits per heavy atom. The van der Waals surface area contributed by atoms with Crippen molar-refractivity contribution >= 4 is 17.4 Å². The summed E-state index contributed by atoms with van der Waals surface area (Å²) in [4.78, 5) is 0. The summed E-state index contributed by atoms with van der Waals surface area (Å²) in [7, 11) is 0. The molecule has 0 fully saturated rings. The van der Waals surface area contributed by atoms with E-state index in [1.807, 2.05) is 30.0 Å². The summed E-state index contributed by atoms with van der Waals surface area (Å²) in [5, 5.41) is 20.9. The van der Waals surface area contributed by atoms with E-state index in [0.717, 1.165) is 18.7 Å². The SMILES string of the molecule is CSCCCCNc1ccc(C#N)c(C#N)c1. The van der Waals surface area contributed by atoms with Crippen molar-refractivity contribution in [2.75, 3.05) is 23.9 Å². The van der Waals surface area contributed by atoms with Gasteiger partial charge in [0.1, 0.15) is 12.1 Å². The van der Waals surface area contributed by atoms with Gasteiger partial charge < -0.3 is 5.32 Å². The number of unbranched alkanes of at least 4 members (excludes halogenated alkanes) is 1. The van der Waals surface area contributed by atoms with Gasteiger partial charge >= 0.3 is 0 Å². The van der Waals surface area contributed by atoms with Gasteiger partial charge in [-0.3, -0.25) is 0 Å². The number of nitrogens with zero attached hydrogens (tertiary/aromatic N) is 2. The molecule has 1 rings (SSSR count). The molecular weight excluding hydrogens is 230 g/mol. The van der Waals surface area contributed by atoms with Gasteiger partial charge in [-0.1, -0.05) is 0 Å². The lowest BCUT2D eigenvalue weighted by Crippen LogP contribution is -2.02. The van der Waals surface area contributed by atoms with Crippen molar-refractivity contribution < 1.29 is 0 Å². The van der Waals surface area contributed by atoms with E-state index in [1.54, 1.807) is 12.1 Å². The first-order valence-corrected chi connectivity index (χ1v) is 6.88. The number of hydrogen-bond donors (Lipinski definition) is 1. The van der Waals surface area contributed by atoms with E-state index < -0.39 is 0 Å². The van der Waals surface area contributed by atoms with E-state index in [0.29, 0.717) is 11.1 Å². The highest BCUT2D eigenvalue weighted by atomic mass is 32.2. The summed E-state index contributed by atoms with van der Waals surface area (Å²) in [5.41, 5.74) is 1.77. The lowest BCUT2D eigenvalue weighted by Gasteiger charge is -2.06. The first kappa shape index (κ1) is 13.4. The number of thioether (sulfide) groups is 1. The van der Waals surface area contributed by atoms with Gasteiger partial charge in [0.05, 0.1) is 11.1 Å². The lowest BCUT2D eigenvalue weighted by atomic mass is 10.1. The Labute approximate surface area is 106 Å². The van der Waals surface area contributed by atoms with Crippen molar-refractivity contribution in [1.82, 2.24) is 0 Å². The van der Waals surface area contributed by atoms with E-state index in [1.165, 1.54) is 12.2 Å². The number of hydrogen-bond acceptors (Lipinski definition) is 4. The molecule has 1 N–H and O–H groups in total. The Kier molecular flexibility index (Phi) is 5.99. The minimum atomic E-state index is 0.431. The topological polar surface area (TPSA) is 59.6 Å². The van der Waals surface area contributed by atoms with E-state index in [-0.39, 0.29) is 0 Å². The van der Waals surface area contributed by atoms with Gasteiger partial charge in [-0.15, -0.1) is 0 Å². The molecule has 1 aromatic rings. The predicted octanol–water partition coefficient (Wildman–Crippen LogP) is 2.99. The van der Waals surface area contributed by atoms with Crippen LogP contribution in [0.1, 0.15) is 24.0 Å². The molecule has 0 heterocycles. The van der Waals surface area contributed by atoms with Crippen LogP contribution in [0.25, 0.3) is 0 Å². The van der Waals surface area contributed by atoms with Crippen LogP contribution in [0.3, 0.4) is 0 Å². The Bertz CT molecular complexity index is 443. The first-order chi connectivity index (χ1) is 8.31. The molecule has 0 saturated heterocycles. The normalized spacial score (nSPS) is 9.35. The quantitative estimate of drug-likeness (QED) is 0.783. The average molecular weight is 245 g/mol. The van der Waals surface area contributed by atoms with Crippen LogP contribution >= 0.6 is 11.8 Å². The van der Waals surface area contributed by atoms with E-state index in [9.17, 15) is 0 Å². The van der Waals surface area contributed by atoms with Crippen molar-refractivity contribution in [2.45, 2.75) is 12.8 Å². The molecule has 0 spiro atoms. The second-order valence-corrected chi connectivity index (χ2v) is 4.60. The van der Waals surface area contributed by atoms with E-state index in [4.69, 9.17) is 10.5 Å². The molecule has 0 aliphatic heterocycles. The maximum atomic E-state index is 8.88. The molecule has 0 unspecified atom stereocenters. The summed E-state index contributed by atoms with van der Waals surface area (Å²) in [6, 6.07) is 9.29. The number of rotatable bonds is 6. The Balaban J connectivity index is 2.50. The van der Waals surface area contributed by atoms with Crippen molar-refractivity contribution in [3.05, 3.63) is 29.3 Å². The summed E-state index contributed by atoms with van der Waals surface area (Å²) in [6.07, 6.45) is 4.41. The van der Waals surface area contributed by atoms with Crippen LogP contribution in [0.5, 0.6) is 0 Å². The standard InChI is InChI=1S/C13H15N3S/c1-17-7-3-2-6-16-13-5-4-11(9-14)12(8-13)10-15/h4-5,8,16H,2-3,6-7H2,1H3. The first-order valence-electron chi connectivity index (χ1n) is 5.49. The largest absolute Gasteiger partial charge is 0.385 e. The lowest BCUT2D eigenvalue weighted by molar-refractivity contribution is 0.843. The molecule has 0 bridgehead atoms. The molecule has 0 saturated carbocycles. The summed E-state index contributed by atoms with van der Waals surface area (Å²) in [5.74, 6) is 1.18. The van der Waals surface area contributed by atoms with Gasteiger partial charge in [-0.2, -0.15) is 22.3 Å². The summed E-state index contributed by atoms with van der Waals surface area (Å²) in [6.45, 7) is 0.900. The van der Waals surface area contributed by atoms with E-state index >= 15 is 0 Å². The van der Waals surface area contributed by atoms with Crippen molar-refractivity contribution in [2.24, 2.45) is 0 Å². The van der Waals surface area contributed by atoms with Gasteiger partial charge in [-0.05, 0) is 43.0 Å². The van der Waals surface area contributed by atoms with Crippen molar-refractivity contribution in [1.29, 1.82) is 10.5 Å². The molecule has 0 amide bonds. The molecule has 1 aromatic carbocycles. The van der Waals surface area contributed by atoms with Gasteiger partial charge in [0.25, 0.3) is 0 Å². The van der Waals surface area contributed by atoms with Gasteiger partial charge in [0.15, 0.2) is 0 Å². The van der Waals surface area contributed by atoms with Crippen LogP contribution in [0, 0.1) is 22.7 Å². The zero-order valence-corrected chi connectivity index (χ0v) is 10.7. The molecule has 3 nitrogen and oxygen atoms in total. The molecule has 0 atom stereocenters. The number of nitrogens with one attached hydrogen (secondary N) is 1. The van der Waals surface area contributed by atoms with E-state index in [2.05, 4.69) is 11.6 Å². The van der Waals surface area contributed by atoms with Gasteiger partial charge in [-0.25, -0.2) is 0 Å². The molecule has 17 heavy (non-hydrogen) atoms. The Morgan fingerprint density at radius 2 is 1.94 bits per heavy atom. The van der Waals surface area contributed by atoms with Crippen LogP contribution in [0.15, 0.2) is 18.2 Å². The fourth-order valence-corrected chi connectivity index (χ4v) is 1.94. The third kappa shape index (κ3) is 4.38. The second-order valence-electron chi connectivity index (χ2n) is 3.61. The van der Waals surface area contributed by atoms with Crippen LogP contribution in [0.2, 0.25) is 0 Å². The molecule has 0 aliphatic rings. The van der Waals surface area contributed by atoms with Crippen molar-refractivity contribution in [3.8, 4) is 12.1 Å². The maximum absolute atomic E-state index is 8.88. The monoisotopic (exact) mass is 245 g/mol. The highest BCUT2D eigenvalue weighted by Gasteiger charge is 2.02. The number of nitriles is 2. The highest BCUT2D eigenvalue weighted by Crippen LogP contribution is 2.14. The Morgan fingerprint density at radius 3 is 2.59 bits per heavy atom. The smallest absolute Gasteiger partial charge is 0.101 e. The van der Waals surface area contributed by atoms with Crippen LogP contribution in [0.4, 0.5) is 5.69 Å². The third-order valence-corrected chi connectivity index (χ3v) is 3.06. The highest BCUT2D eigenvalue weighted by molar-refractivity contribution is 7.98. The minimum absolute atomic E-state index is 0.431. The fraction of sp³-hybridized carbons (Fsp3) is 0.385. The predicted molar refractivity (Wildman–Crippen MR) is 72.0 cm³/mol. The molecule has 88 valence electrons. The zero-order chi connectivity index (χ0) is 12.5. The molecule has 4 heteroatoms. The summed E-state index contributed by atoms with van der Waals surface area (Å²) >= 11 is 1.85. The van der Waals surface area contributed by atoms with Gasteiger partial charge in [0, 0.05) is 12.2 Å². The fourth-order valence-electron chi connectivity index (χ4n) is 1.45. The summed E-state index contributed by atoms with van der Waals surface area (Å²) < 4.78 is 0. The van der Waals surface area contributed by atoms with Crippen LogP contribution < -0.4 is 5.32 Å². The maximum Gasteiger partial charge on any atom is 0.101 e. The zero-order valence-electron chi connectivity index (χ0n) is 9.86. The minimum Gasteiger partial charge on any atom is -0.385 e. The number of benzene rings is 1. The van der Waals surface area contributed by atoms with Crippen molar-refractivity contribution in [3.63, 3.8) is 0 Å². The van der Waals surface area contributed by atoms with Gasteiger partial charge in [0.2, 0.25) is 0 Å². The molecular formula is C13H15N3S. The molecule has 0 aliphatic carbocycles. The molecule has 0 radical (unpaired) electrons. The van der Waals surface area contributed by atoms with Crippen LogP contribution in [-0.4, -0.2) is 18.6 Å². The Hall–Kier alpha value is -1.65. The number of anilines is 1. The molecule has 0 aromatic heterocycles. The second kappa shape index (κ2) is 7.60. The van der Waals surface area contributed by atoms with Crippen LogP contribution in [-0.2, 0) is 0 Å². The average Bonchev–Trinajstić information content (AvgIpc) is 2.38.